The molecule has 95 heavy (non-hydrogen) atoms. The van der Waals surface area contributed by atoms with Crippen LogP contribution >= 0.6 is 0 Å². The van der Waals surface area contributed by atoms with E-state index in [1.165, 1.54) is 34.2 Å². The summed E-state index contributed by atoms with van der Waals surface area (Å²) in [5, 5.41) is 15.0. The maximum absolute atomic E-state index is 13.8. The van der Waals surface area contributed by atoms with Crippen molar-refractivity contribution in [3.8, 4) is 16.9 Å². The second kappa shape index (κ2) is 35.2. The Kier molecular flexibility index (Phi) is 26.2. The number of alkyl carbamates (subject to hydrolysis) is 1. The number of esters is 4. The summed E-state index contributed by atoms with van der Waals surface area (Å²) in [6.45, 7) is 3.21. The highest BCUT2D eigenvalue weighted by molar-refractivity contribution is 5.96. The summed E-state index contributed by atoms with van der Waals surface area (Å²) in [6, 6.07) is 29.1. The molecule has 2 fully saturated rings. The van der Waals surface area contributed by atoms with Crippen LogP contribution in [0.25, 0.3) is 11.1 Å². The topological polar surface area (TPSA) is 333 Å². The molecule has 7 amide bonds. The molecule has 4 aromatic carbocycles. The lowest BCUT2D eigenvalue weighted by Gasteiger charge is -2.43. The number of hydroxylamine groups is 2. The second-order valence-corrected chi connectivity index (χ2v) is 22.8. The van der Waals surface area contributed by atoms with Crippen LogP contribution in [0.2, 0.25) is 0 Å². The van der Waals surface area contributed by atoms with Crippen molar-refractivity contribution in [2.24, 2.45) is 0 Å². The number of carbonyl (C=O) groups excluding carboxylic acids is 10. The molecule has 1 saturated heterocycles. The normalized spacial score (nSPS) is 17.2. The number of amides is 7. The molecule has 0 spiro atoms. The molecule has 5 N–H and O–H groups in total. The fraction of sp³-hybridized carbons (Fsp3) is 0.426. The predicted octanol–water partition coefficient (Wildman–Crippen LogP) is 8.71. The highest BCUT2D eigenvalue weighted by Crippen LogP contribution is 2.44. The van der Waals surface area contributed by atoms with E-state index in [0.717, 1.165) is 102 Å². The van der Waals surface area contributed by atoms with Crippen molar-refractivity contribution in [1.29, 1.82) is 0 Å². The van der Waals surface area contributed by atoms with Crippen molar-refractivity contribution in [1.82, 2.24) is 25.6 Å². The van der Waals surface area contributed by atoms with Crippen LogP contribution in [0.15, 0.2) is 116 Å². The molecule has 2 heterocycles. The molecule has 0 bridgehead atoms. The number of likely N-dealkylation sites (N-methyl/N-ethyl adjacent to an activating group) is 1. The van der Waals surface area contributed by atoms with E-state index in [1.54, 1.807) is 49.8 Å². The van der Waals surface area contributed by atoms with Gasteiger partial charge in [0, 0.05) is 95.5 Å². The van der Waals surface area contributed by atoms with E-state index in [4.69, 9.17) is 42.7 Å². The Morgan fingerprint density at radius 1 is 0.632 bits per heavy atom. The molecule has 5 aromatic rings. The third-order valence-corrected chi connectivity index (χ3v) is 15.8. The summed E-state index contributed by atoms with van der Waals surface area (Å²) in [7, 11) is 2.63. The molecular formula is C68H80N8O19. The SMILES string of the molecule is COC(=O)[C@H]1O[C@@H](Oc2ccc(COC(=O)Nc3cccc(C(=O)N(C)CCON(C(=O)CCCCCCNC(=O)Nc4ccncc4)C4CCCCC4)c3)cc2NC(=O)CCNC(=O)OCC2c3ccccc3-c3ccccc32)[C@H](OC(C)=O)[C@@H](OC(C)=O)[C@@H]1OC(C)=O. The van der Waals surface area contributed by atoms with E-state index in [1.807, 2.05) is 48.5 Å². The van der Waals surface area contributed by atoms with E-state index >= 15 is 0 Å². The molecule has 3 aliphatic rings. The van der Waals surface area contributed by atoms with Crippen molar-refractivity contribution in [3.05, 3.63) is 138 Å². The van der Waals surface area contributed by atoms with Gasteiger partial charge in [0.1, 0.15) is 19.0 Å². The van der Waals surface area contributed by atoms with Crippen molar-refractivity contribution < 1.29 is 90.7 Å². The number of aromatic nitrogens is 1. The largest absolute Gasteiger partial charge is 0.467 e. The molecule has 506 valence electrons. The Morgan fingerprint density at radius 2 is 1.31 bits per heavy atom. The fourth-order valence-corrected chi connectivity index (χ4v) is 11.3. The number of unbranched alkanes of at least 4 members (excludes halogenated alkanes) is 3. The van der Waals surface area contributed by atoms with E-state index in [9.17, 15) is 47.9 Å². The zero-order valence-electron chi connectivity index (χ0n) is 53.6. The van der Waals surface area contributed by atoms with Crippen molar-refractivity contribution >= 4 is 76.9 Å². The Hall–Kier alpha value is -10.2. The summed E-state index contributed by atoms with van der Waals surface area (Å²) in [5.41, 5.74) is 5.41. The Balaban J connectivity index is 0.876. The van der Waals surface area contributed by atoms with Crippen LogP contribution in [-0.2, 0) is 73.4 Å². The number of nitrogens with one attached hydrogen (secondary N) is 5. The minimum absolute atomic E-state index is 0.0310. The van der Waals surface area contributed by atoms with E-state index in [0.29, 0.717) is 25.1 Å². The standard InChI is InChI=1S/C68H80N8O19/c1-42(77)91-59-60(92-43(2)78)62(93-44(3)79)65(95-61(59)64(83)87-5)94-56-28-27-45(38-55(56)74-57(80)31-35-71-67(85)89-41-54-52-24-14-12-22-50(52)51-23-13-15-25-53(51)54)40-88-68(86)73-48-19-17-18-46(39-48)63(82)75(4)36-37-90-76(49-20-9-8-10-21-49)58(81)26-11-6-7-16-32-70-66(84)72-47-29-33-69-34-30-47/h12-15,17-19,22-25,27-30,33-34,38-39,49,54,59-62,65H,6-11,16,20-21,26,31-32,35-37,40-41H2,1-5H3,(H,71,85)(H,73,86)(H,74,80)(H2,69,70,72,84)/t59-,60-,61-,62+,65+/m0/s1. The average Bonchev–Trinajstić information content (AvgIpc) is 1.74. The highest BCUT2D eigenvalue weighted by Gasteiger charge is 2.56. The zero-order chi connectivity index (χ0) is 67.8. The number of hydrogen-bond acceptors (Lipinski definition) is 20. The van der Waals surface area contributed by atoms with Crippen LogP contribution < -0.4 is 31.3 Å². The maximum Gasteiger partial charge on any atom is 0.411 e. The minimum atomic E-state index is -1.82. The predicted molar refractivity (Wildman–Crippen MR) is 342 cm³/mol. The van der Waals surface area contributed by atoms with Crippen molar-refractivity contribution in [2.75, 3.05) is 63.0 Å². The third-order valence-electron chi connectivity index (χ3n) is 15.8. The lowest BCUT2D eigenvalue weighted by molar-refractivity contribution is -0.282. The maximum atomic E-state index is 13.8. The van der Waals surface area contributed by atoms with Crippen molar-refractivity contribution in [2.45, 2.75) is 141 Å². The summed E-state index contributed by atoms with van der Waals surface area (Å²) in [6.07, 6.45) is 0.386. The molecule has 8 rings (SSSR count). The van der Waals surface area contributed by atoms with Gasteiger partial charge >= 0.3 is 42.1 Å². The quantitative estimate of drug-likeness (QED) is 0.0129. The second-order valence-electron chi connectivity index (χ2n) is 22.8. The number of rotatable bonds is 29. The van der Waals surface area contributed by atoms with Gasteiger partial charge in [0.2, 0.25) is 24.2 Å². The number of hydrogen-bond donors (Lipinski definition) is 5. The number of urea groups is 1. The lowest BCUT2D eigenvalue weighted by Crippen LogP contribution is -2.64. The third kappa shape index (κ3) is 20.7. The summed E-state index contributed by atoms with van der Waals surface area (Å²) in [5.74, 6) is -5.41. The Labute approximate surface area is 549 Å². The molecule has 27 heteroatoms. The molecular weight excluding hydrogens is 1230 g/mol. The first-order valence-corrected chi connectivity index (χ1v) is 31.5. The number of fused-ring (bicyclic) bond motifs is 3. The molecule has 1 saturated carbocycles. The first-order chi connectivity index (χ1) is 45.8. The summed E-state index contributed by atoms with van der Waals surface area (Å²) >= 11 is 0. The van der Waals surface area contributed by atoms with Crippen LogP contribution in [0, 0.1) is 0 Å². The fourth-order valence-electron chi connectivity index (χ4n) is 11.3. The minimum Gasteiger partial charge on any atom is -0.467 e. The smallest absolute Gasteiger partial charge is 0.411 e. The zero-order valence-corrected chi connectivity index (χ0v) is 53.6. The van der Waals surface area contributed by atoms with Crippen molar-refractivity contribution in [3.63, 3.8) is 0 Å². The molecule has 0 radical (unpaired) electrons. The molecule has 0 unspecified atom stereocenters. The first kappa shape index (κ1) is 70.7. The summed E-state index contributed by atoms with van der Waals surface area (Å²) in [4.78, 5) is 142. The van der Waals surface area contributed by atoms with Gasteiger partial charge in [-0.2, -0.15) is 0 Å². The monoisotopic (exact) mass is 1310 g/mol. The van der Waals surface area contributed by atoms with Gasteiger partial charge in [-0.3, -0.25) is 43.9 Å². The molecule has 1 aliphatic heterocycles. The number of methoxy groups -OCH3 is 1. The van der Waals surface area contributed by atoms with Gasteiger partial charge in [0.05, 0.1) is 25.4 Å². The molecule has 5 atom stereocenters. The van der Waals surface area contributed by atoms with Gasteiger partial charge in [-0.15, -0.1) is 0 Å². The van der Waals surface area contributed by atoms with Gasteiger partial charge in [-0.25, -0.2) is 24.2 Å². The number of anilines is 3. The van der Waals surface area contributed by atoms with E-state index in [2.05, 4.69) is 31.6 Å². The Morgan fingerprint density at radius 3 is 2.00 bits per heavy atom. The van der Waals surface area contributed by atoms with Gasteiger partial charge < -0.3 is 64.1 Å². The van der Waals surface area contributed by atoms with Crippen LogP contribution in [0.5, 0.6) is 5.75 Å². The summed E-state index contributed by atoms with van der Waals surface area (Å²) < 4.78 is 44.8. The molecule has 1 aromatic heterocycles. The van der Waals surface area contributed by atoms with Gasteiger partial charge in [-0.1, -0.05) is 92.8 Å². The first-order valence-electron chi connectivity index (χ1n) is 31.5. The van der Waals surface area contributed by atoms with Crippen LogP contribution in [0.1, 0.15) is 124 Å². The number of carbonyl (C=O) groups is 10. The average molecular weight is 1310 g/mol. The number of benzene rings is 4. The molecule has 27 nitrogen and oxygen atoms in total. The van der Waals surface area contributed by atoms with Gasteiger partial charge in [-0.05, 0) is 96.0 Å². The lowest BCUT2D eigenvalue weighted by atomic mass is 9.95. The Bertz CT molecular complexity index is 3470. The number of nitrogens with zero attached hydrogens (tertiary/aromatic N) is 3. The molecule has 2 aliphatic carbocycles. The van der Waals surface area contributed by atoms with Crippen LogP contribution in [0.4, 0.5) is 31.4 Å². The van der Waals surface area contributed by atoms with Gasteiger partial charge in [0.25, 0.3) is 5.91 Å². The van der Waals surface area contributed by atoms with Crippen LogP contribution in [0.3, 0.4) is 0 Å². The van der Waals surface area contributed by atoms with E-state index in [-0.39, 0.29) is 90.8 Å². The van der Waals surface area contributed by atoms with Crippen LogP contribution in [-0.4, -0.2) is 159 Å². The highest BCUT2D eigenvalue weighted by atomic mass is 16.7. The number of pyridine rings is 1. The van der Waals surface area contributed by atoms with Gasteiger partial charge in [0.15, 0.2) is 18.3 Å². The number of ether oxygens (including phenoxy) is 8. The van der Waals surface area contributed by atoms with E-state index < -0.39 is 79.3 Å².